The molecule has 0 aliphatic carbocycles. The Morgan fingerprint density at radius 3 is 2.40 bits per heavy atom. The Morgan fingerprint density at radius 2 is 1.93 bits per heavy atom. The van der Waals surface area contributed by atoms with Gasteiger partial charge in [-0.3, -0.25) is 4.79 Å². The van der Waals surface area contributed by atoms with E-state index in [4.69, 9.17) is 4.74 Å². The molecule has 0 spiro atoms. The number of carbonyl (C=O) groups is 1. The lowest BCUT2D eigenvalue weighted by molar-refractivity contribution is -0.131. The summed E-state index contributed by atoms with van der Waals surface area (Å²) >= 11 is 0. The maximum absolute atomic E-state index is 10.7. The molecule has 0 amide bonds. The van der Waals surface area contributed by atoms with Crippen molar-refractivity contribution in [1.82, 2.24) is 0 Å². The van der Waals surface area contributed by atoms with Gasteiger partial charge in [0.05, 0.1) is 0 Å². The summed E-state index contributed by atoms with van der Waals surface area (Å²) in [5.41, 5.74) is 1.21. The fourth-order valence-electron chi connectivity index (χ4n) is 1.41. The van der Waals surface area contributed by atoms with Crippen molar-refractivity contribution in [2.75, 3.05) is 0 Å². The van der Waals surface area contributed by atoms with Crippen molar-refractivity contribution in [2.24, 2.45) is 0 Å². The lowest BCUT2D eigenvalue weighted by atomic mass is 10.0. The molecule has 0 fully saturated rings. The first kappa shape index (κ1) is 11.5. The van der Waals surface area contributed by atoms with E-state index in [1.807, 2.05) is 37.3 Å². The summed E-state index contributed by atoms with van der Waals surface area (Å²) in [5.74, 6) is 0.699. The van der Waals surface area contributed by atoms with Crippen LogP contribution in [0.25, 0.3) is 0 Å². The Bertz CT molecular complexity index is 349. The minimum Gasteiger partial charge on any atom is -0.427 e. The second-order valence-electron chi connectivity index (χ2n) is 3.48. The van der Waals surface area contributed by atoms with Gasteiger partial charge < -0.3 is 4.74 Å². The summed E-state index contributed by atoms with van der Waals surface area (Å²) in [6.45, 7) is 5.53. The predicted molar refractivity (Wildman–Crippen MR) is 61.0 cm³/mol. The van der Waals surface area contributed by atoms with Crippen LogP contribution >= 0.6 is 0 Å². The van der Waals surface area contributed by atoms with Crippen LogP contribution < -0.4 is 4.74 Å². The number of hydrogen-bond donors (Lipinski definition) is 0. The number of carbonyl (C=O) groups excluding carboxylic acids is 1. The van der Waals surface area contributed by atoms with Crippen LogP contribution in [0.15, 0.2) is 36.4 Å². The van der Waals surface area contributed by atoms with Crippen molar-refractivity contribution in [3.05, 3.63) is 42.0 Å². The molecule has 1 aromatic rings. The van der Waals surface area contributed by atoms with Crippen LogP contribution in [-0.2, 0) is 4.79 Å². The molecule has 0 saturated carbocycles. The number of rotatable bonds is 3. The Labute approximate surface area is 90.6 Å². The van der Waals surface area contributed by atoms with E-state index in [1.165, 1.54) is 12.5 Å². The summed E-state index contributed by atoms with van der Waals surface area (Å²) in [6, 6.07) is 7.58. The minimum atomic E-state index is -0.288. The molecule has 1 unspecified atom stereocenters. The molecule has 0 aromatic heterocycles. The van der Waals surface area contributed by atoms with Crippen LogP contribution in [0.4, 0.5) is 0 Å². The van der Waals surface area contributed by atoms with E-state index in [2.05, 4.69) is 13.0 Å². The summed E-state index contributed by atoms with van der Waals surface area (Å²) in [4.78, 5) is 10.7. The van der Waals surface area contributed by atoms with Crippen LogP contribution in [0, 0.1) is 0 Å². The molecule has 2 nitrogen and oxygen atoms in total. The van der Waals surface area contributed by atoms with E-state index >= 15 is 0 Å². The van der Waals surface area contributed by atoms with Crippen LogP contribution in [-0.4, -0.2) is 5.97 Å². The van der Waals surface area contributed by atoms with Crippen molar-refractivity contribution in [3.63, 3.8) is 0 Å². The third-order valence-electron chi connectivity index (χ3n) is 2.15. The Morgan fingerprint density at radius 1 is 1.33 bits per heavy atom. The molecule has 1 atom stereocenters. The van der Waals surface area contributed by atoms with E-state index in [0.29, 0.717) is 11.7 Å². The first-order valence-electron chi connectivity index (χ1n) is 5.04. The van der Waals surface area contributed by atoms with E-state index in [-0.39, 0.29) is 5.97 Å². The fourth-order valence-corrected chi connectivity index (χ4v) is 1.41. The van der Waals surface area contributed by atoms with Gasteiger partial charge in [0.1, 0.15) is 5.75 Å². The molecule has 1 aromatic carbocycles. The highest BCUT2D eigenvalue weighted by Gasteiger charge is 2.02. The molecular weight excluding hydrogens is 188 g/mol. The summed E-state index contributed by atoms with van der Waals surface area (Å²) < 4.78 is 4.95. The number of allylic oxidation sites excluding steroid dienone is 2. The van der Waals surface area contributed by atoms with Crippen molar-refractivity contribution in [2.45, 2.75) is 26.7 Å². The van der Waals surface area contributed by atoms with Gasteiger partial charge in [0.25, 0.3) is 0 Å². The topological polar surface area (TPSA) is 26.3 Å². The van der Waals surface area contributed by atoms with Gasteiger partial charge in [-0.25, -0.2) is 0 Å². The average molecular weight is 204 g/mol. The zero-order valence-electron chi connectivity index (χ0n) is 9.36. The van der Waals surface area contributed by atoms with Gasteiger partial charge in [0.15, 0.2) is 0 Å². The first-order valence-corrected chi connectivity index (χ1v) is 5.04. The third-order valence-corrected chi connectivity index (χ3v) is 2.15. The molecule has 0 heterocycles. The smallest absolute Gasteiger partial charge is 0.308 e. The van der Waals surface area contributed by atoms with Gasteiger partial charge in [-0.2, -0.15) is 0 Å². The number of benzene rings is 1. The predicted octanol–water partition coefficient (Wildman–Crippen LogP) is 3.29. The second-order valence-corrected chi connectivity index (χ2v) is 3.48. The molecule has 0 radical (unpaired) electrons. The van der Waals surface area contributed by atoms with Gasteiger partial charge in [0.2, 0.25) is 0 Å². The standard InChI is InChI=1S/C13H16O2/c1-4-5-10(2)12-6-8-13(9-7-12)15-11(3)14/h4-10H,1-3H3/b5-4+. The highest BCUT2D eigenvalue weighted by molar-refractivity contribution is 5.69. The maximum atomic E-state index is 10.7. The quantitative estimate of drug-likeness (QED) is 0.429. The Kier molecular flexibility index (Phi) is 4.10. The molecule has 80 valence electrons. The summed E-state index contributed by atoms with van der Waals surface area (Å²) in [7, 11) is 0. The normalized spacial score (nSPS) is 12.7. The van der Waals surface area contributed by atoms with Gasteiger partial charge in [-0.05, 0) is 30.5 Å². The molecule has 15 heavy (non-hydrogen) atoms. The lowest BCUT2D eigenvalue weighted by Gasteiger charge is -2.07. The summed E-state index contributed by atoms with van der Waals surface area (Å²) in [5, 5.41) is 0. The zero-order valence-corrected chi connectivity index (χ0v) is 9.36. The fraction of sp³-hybridized carbons (Fsp3) is 0.308. The summed E-state index contributed by atoms with van der Waals surface area (Å²) in [6.07, 6.45) is 4.16. The van der Waals surface area contributed by atoms with Crippen LogP contribution in [0.1, 0.15) is 32.3 Å². The van der Waals surface area contributed by atoms with Crippen molar-refractivity contribution < 1.29 is 9.53 Å². The first-order chi connectivity index (χ1) is 7.13. The molecule has 1 rings (SSSR count). The van der Waals surface area contributed by atoms with Crippen molar-refractivity contribution >= 4 is 5.97 Å². The van der Waals surface area contributed by atoms with Gasteiger partial charge in [-0.15, -0.1) is 0 Å². The molecule has 0 aliphatic heterocycles. The van der Waals surface area contributed by atoms with Crippen LogP contribution in [0.5, 0.6) is 5.75 Å². The molecular formula is C13H16O2. The lowest BCUT2D eigenvalue weighted by Crippen LogP contribution is -2.01. The molecule has 0 aliphatic rings. The Hall–Kier alpha value is -1.57. The third kappa shape index (κ3) is 3.58. The highest BCUT2D eigenvalue weighted by Crippen LogP contribution is 2.20. The Balaban J connectivity index is 2.75. The highest BCUT2D eigenvalue weighted by atomic mass is 16.5. The maximum Gasteiger partial charge on any atom is 0.308 e. The van der Waals surface area contributed by atoms with E-state index < -0.39 is 0 Å². The van der Waals surface area contributed by atoms with E-state index in [0.717, 1.165) is 0 Å². The van der Waals surface area contributed by atoms with Gasteiger partial charge in [0, 0.05) is 6.92 Å². The molecule has 0 N–H and O–H groups in total. The van der Waals surface area contributed by atoms with Crippen LogP contribution in [0.2, 0.25) is 0 Å². The number of esters is 1. The van der Waals surface area contributed by atoms with E-state index in [9.17, 15) is 4.79 Å². The minimum absolute atomic E-state index is 0.288. The number of ether oxygens (including phenoxy) is 1. The average Bonchev–Trinajstić information content (AvgIpc) is 2.18. The van der Waals surface area contributed by atoms with E-state index in [1.54, 1.807) is 0 Å². The molecule has 2 heteroatoms. The largest absolute Gasteiger partial charge is 0.427 e. The second kappa shape index (κ2) is 5.35. The van der Waals surface area contributed by atoms with Crippen molar-refractivity contribution in [3.8, 4) is 5.75 Å². The number of hydrogen-bond acceptors (Lipinski definition) is 2. The zero-order chi connectivity index (χ0) is 11.3. The SMILES string of the molecule is C/C=C/C(C)c1ccc(OC(C)=O)cc1. The van der Waals surface area contributed by atoms with Gasteiger partial charge >= 0.3 is 5.97 Å². The van der Waals surface area contributed by atoms with Crippen LogP contribution in [0.3, 0.4) is 0 Å². The van der Waals surface area contributed by atoms with Crippen molar-refractivity contribution in [1.29, 1.82) is 0 Å². The monoisotopic (exact) mass is 204 g/mol. The van der Waals surface area contributed by atoms with Gasteiger partial charge in [-0.1, -0.05) is 31.2 Å². The molecule has 0 bridgehead atoms. The molecule has 0 saturated heterocycles.